The molecular weight excluding hydrogens is 314 g/mol. The number of aldehydes is 1. The number of hydrogen-bond acceptors (Lipinski definition) is 6. The third-order valence-electron chi connectivity index (χ3n) is 3.68. The first kappa shape index (κ1) is 14.2. The van der Waals surface area contributed by atoms with Crippen LogP contribution in [-0.2, 0) is 0 Å². The Morgan fingerprint density at radius 3 is 2.78 bits per heavy atom. The van der Waals surface area contributed by atoms with Crippen LogP contribution in [0.25, 0.3) is 16.2 Å². The largest absolute Gasteiger partial charge is 0.486 e. The molecule has 6 nitrogen and oxygen atoms in total. The Labute approximate surface area is 136 Å². The van der Waals surface area contributed by atoms with Crippen LogP contribution in [0, 0.1) is 0 Å². The first-order valence-corrected chi connectivity index (χ1v) is 8.23. The van der Waals surface area contributed by atoms with Gasteiger partial charge in [-0.1, -0.05) is 25.2 Å². The average Bonchev–Trinajstić information content (AvgIpc) is 3.11. The van der Waals surface area contributed by atoms with E-state index in [1.165, 1.54) is 11.3 Å². The monoisotopic (exact) mass is 329 g/mol. The Hall–Kier alpha value is -2.41. The van der Waals surface area contributed by atoms with Crippen molar-refractivity contribution in [2.75, 3.05) is 13.2 Å². The van der Waals surface area contributed by atoms with Crippen molar-refractivity contribution in [3.8, 4) is 22.8 Å². The van der Waals surface area contributed by atoms with E-state index in [4.69, 9.17) is 9.47 Å². The second-order valence-electron chi connectivity index (χ2n) is 5.61. The molecule has 1 aromatic carbocycles. The van der Waals surface area contributed by atoms with E-state index < -0.39 is 0 Å². The van der Waals surface area contributed by atoms with Crippen LogP contribution in [0.4, 0.5) is 0 Å². The Kier molecular flexibility index (Phi) is 3.30. The summed E-state index contributed by atoms with van der Waals surface area (Å²) in [6.45, 7) is 5.21. The lowest BCUT2D eigenvalue weighted by Gasteiger charge is -2.18. The standard InChI is InChI=1S/C16H15N3O3S/c1-9(2)15-18-19-11(8-20)14(17-16(19)23-15)10-3-4-12-13(7-10)22-6-5-21-12/h3-4,7-9H,5-6H2,1-2H3. The second kappa shape index (κ2) is 5.34. The number of fused-ring (bicyclic) bond motifs is 2. The molecule has 3 heterocycles. The molecule has 23 heavy (non-hydrogen) atoms. The summed E-state index contributed by atoms with van der Waals surface area (Å²) in [6, 6.07) is 5.59. The number of benzene rings is 1. The van der Waals surface area contributed by atoms with Gasteiger partial charge in [-0.3, -0.25) is 4.79 Å². The van der Waals surface area contributed by atoms with Crippen molar-refractivity contribution >= 4 is 22.6 Å². The molecule has 1 aliphatic heterocycles. The lowest BCUT2D eigenvalue weighted by Crippen LogP contribution is -2.15. The van der Waals surface area contributed by atoms with E-state index in [1.807, 2.05) is 18.2 Å². The summed E-state index contributed by atoms with van der Waals surface area (Å²) in [4.78, 5) is 16.9. The van der Waals surface area contributed by atoms with Gasteiger partial charge < -0.3 is 9.47 Å². The van der Waals surface area contributed by atoms with Crippen molar-refractivity contribution in [2.24, 2.45) is 0 Å². The summed E-state index contributed by atoms with van der Waals surface area (Å²) in [5.74, 6) is 1.70. The molecule has 0 spiro atoms. The molecule has 0 atom stereocenters. The van der Waals surface area contributed by atoms with Crippen LogP contribution in [0.15, 0.2) is 18.2 Å². The minimum Gasteiger partial charge on any atom is -0.486 e. The molecule has 0 N–H and O–H groups in total. The topological polar surface area (TPSA) is 65.7 Å². The Balaban J connectivity index is 1.85. The maximum absolute atomic E-state index is 11.6. The summed E-state index contributed by atoms with van der Waals surface area (Å²) in [5, 5.41) is 5.46. The van der Waals surface area contributed by atoms with Crippen molar-refractivity contribution in [1.82, 2.24) is 14.6 Å². The highest BCUT2D eigenvalue weighted by molar-refractivity contribution is 7.16. The van der Waals surface area contributed by atoms with Gasteiger partial charge in [0.2, 0.25) is 4.96 Å². The van der Waals surface area contributed by atoms with E-state index in [2.05, 4.69) is 23.9 Å². The zero-order valence-electron chi connectivity index (χ0n) is 12.8. The Morgan fingerprint density at radius 1 is 1.26 bits per heavy atom. The fourth-order valence-corrected chi connectivity index (χ4v) is 3.43. The van der Waals surface area contributed by atoms with E-state index in [9.17, 15) is 4.79 Å². The summed E-state index contributed by atoms with van der Waals surface area (Å²) in [7, 11) is 0. The first-order valence-electron chi connectivity index (χ1n) is 7.42. The third kappa shape index (κ3) is 2.28. The molecule has 0 saturated heterocycles. The van der Waals surface area contributed by atoms with Crippen molar-refractivity contribution in [2.45, 2.75) is 19.8 Å². The van der Waals surface area contributed by atoms with Crippen molar-refractivity contribution in [3.05, 3.63) is 28.9 Å². The van der Waals surface area contributed by atoms with Gasteiger partial charge >= 0.3 is 0 Å². The molecule has 118 valence electrons. The third-order valence-corrected chi connectivity index (χ3v) is 4.88. The maximum atomic E-state index is 11.6. The second-order valence-corrected chi connectivity index (χ2v) is 6.60. The molecule has 0 fully saturated rings. The minimum absolute atomic E-state index is 0.305. The van der Waals surface area contributed by atoms with E-state index in [0.29, 0.717) is 42.0 Å². The Morgan fingerprint density at radius 2 is 2.04 bits per heavy atom. The molecule has 2 aromatic heterocycles. The van der Waals surface area contributed by atoms with Crippen LogP contribution >= 0.6 is 11.3 Å². The molecule has 0 saturated carbocycles. The normalized spacial score (nSPS) is 13.7. The summed E-state index contributed by atoms with van der Waals surface area (Å²) >= 11 is 1.51. The van der Waals surface area contributed by atoms with Gasteiger partial charge in [0, 0.05) is 11.5 Å². The maximum Gasteiger partial charge on any atom is 0.213 e. The minimum atomic E-state index is 0.305. The fraction of sp³-hybridized carbons (Fsp3) is 0.312. The van der Waals surface area contributed by atoms with Crippen molar-refractivity contribution in [3.63, 3.8) is 0 Å². The van der Waals surface area contributed by atoms with Gasteiger partial charge in [0.25, 0.3) is 0 Å². The predicted molar refractivity (Wildman–Crippen MR) is 86.8 cm³/mol. The van der Waals surface area contributed by atoms with Crippen molar-refractivity contribution in [1.29, 1.82) is 0 Å². The number of nitrogens with zero attached hydrogens (tertiary/aromatic N) is 3. The fourth-order valence-electron chi connectivity index (χ4n) is 2.52. The number of hydrogen-bond donors (Lipinski definition) is 0. The molecule has 7 heteroatoms. The molecule has 1 aliphatic rings. The molecule has 4 rings (SSSR count). The van der Waals surface area contributed by atoms with Crippen LogP contribution in [0.2, 0.25) is 0 Å². The summed E-state index contributed by atoms with van der Waals surface area (Å²) in [5.41, 5.74) is 1.89. The number of carbonyl (C=O) groups excluding carboxylic acids is 1. The van der Waals surface area contributed by atoms with E-state index in [1.54, 1.807) is 4.52 Å². The van der Waals surface area contributed by atoms with Crippen LogP contribution in [0.1, 0.15) is 35.3 Å². The summed E-state index contributed by atoms with van der Waals surface area (Å²) in [6.07, 6.45) is 0.802. The van der Waals surface area contributed by atoms with Crippen LogP contribution < -0.4 is 9.47 Å². The molecule has 0 bridgehead atoms. The van der Waals surface area contributed by atoms with E-state index >= 15 is 0 Å². The molecular formula is C16H15N3O3S. The van der Waals surface area contributed by atoms with E-state index in [0.717, 1.165) is 21.8 Å². The molecule has 0 radical (unpaired) electrons. The zero-order valence-corrected chi connectivity index (χ0v) is 13.6. The zero-order chi connectivity index (χ0) is 16.0. The number of aromatic nitrogens is 3. The quantitative estimate of drug-likeness (QED) is 0.691. The number of imidazole rings is 1. The highest BCUT2D eigenvalue weighted by Crippen LogP contribution is 2.36. The lowest BCUT2D eigenvalue weighted by molar-refractivity contribution is 0.111. The molecule has 3 aromatic rings. The lowest BCUT2D eigenvalue weighted by atomic mass is 10.1. The Bertz CT molecular complexity index is 897. The van der Waals surface area contributed by atoms with E-state index in [-0.39, 0.29) is 0 Å². The van der Waals surface area contributed by atoms with Crippen LogP contribution in [-0.4, -0.2) is 34.1 Å². The van der Waals surface area contributed by atoms with Gasteiger partial charge in [0.1, 0.15) is 29.6 Å². The predicted octanol–water partition coefficient (Wildman–Crippen LogP) is 3.16. The number of ether oxygens (including phenoxy) is 2. The highest BCUT2D eigenvalue weighted by Gasteiger charge is 2.20. The SMILES string of the molecule is CC(C)c1nn2c(C=O)c(-c3ccc4c(c3)OCCO4)nc2s1. The molecule has 0 aliphatic carbocycles. The highest BCUT2D eigenvalue weighted by atomic mass is 32.1. The average molecular weight is 329 g/mol. The van der Waals surface area contributed by atoms with Gasteiger partial charge in [-0.15, -0.1) is 0 Å². The first-order chi connectivity index (χ1) is 11.2. The van der Waals surface area contributed by atoms with Crippen LogP contribution in [0.5, 0.6) is 11.5 Å². The molecule has 0 amide bonds. The number of carbonyl (C=O) groups is 1. The van der Waals surface area contributed by atoms with Crippen molar-refractivity contribution < 1.29 is 14.3 Å². The van der Waals surface area contributed by atoms with Gasteiger partial charge in [-0.2, -0.15) is 9.61 Å². The molecule has 0 unspecified atom stereocenters. The van der Waals surface area contributed by atoms with Crippen LogP contribution in [0.3, 0.4) is 0 Å². The summed E-state index contributed by atoms with van der Waals surface area (Å²) < 4.78 is 12.8. The van der Waals surface area contributed by atoms with Gasteiger partial charge in [-0.25, -0.2) is 4.98 Å². The number of rotatable bonds is 3. The van der Waals surface area contributed by atoms with Gasteiger partial charge in [0.05, 0.1) is 0 Å². The van der Waals surface area contributed by atoms with Gasteiger partial charge in [-0.05, 0) is 18.2 Å². The smallest absolute Gasteiger partial charge is 0.213 e. The van der Waals surface area contributed by atoms with Gasteiger partial charge in [0.15, 0.2) is 17.8 Å².